The van der Waals surface area contributed by atoms with Crippen molar-refractivity contribution in [3.63, 3.8) is 0 Å². The minimum Gasteiger partial charge on any atom is -0.497 e. The second-order valence-electron chi connectivity index (χ2n) is 9.96. The number of halogens is 1. The molecular weight excluding hydrogens is 561 g/mol. The van der Waals surface area contributed by atoms with E-state index in [1.807, 2.05) is 39.0 Å². The molecule has 0 radical (unpaired) electrons. The van der Waals surface area contributed by atoms with E-state index >= 15 is 0 Å². The Bertz CT molecular complexity index is 1660. The second kappa shape index (κ2) is 15.3. The largest absolute Gasteiger partial charge is 0.497 e. The van der Waals surface area contributed by atoms with Crippen molar-refractivity contribution in [1.29, 1.82) is 0 Å². The van der Waals surface area contributed by atoms with Crippen LogP contribution in [0.1, 0.15) is 28.1 Å². The van der Waals surface area contributed by atoms with Gasteiger partial charge >= 0.3 is 0 Å². The third kappa shape index (κ3) is 9.12. The van der Waals surface area contributed by atoms with Crippen molar-refractivity contribution in [2.45, 2.75) is 27.3 Å². The lowest BCUT2D eigenvalue weighted by molar-refractivity contribution is -0.115. The highest BCUT2D eigenvalue weighted by Crippen LogP contribution is 2.27. The molecule has 0 spiro atoms. The van der Waals surface area contributed by atoms with Gasteiger partial charge in [-0.15, -0.1) is 0 Å². The maximum Gasteiger partial charge on any atom is 0.238 e. The number of hydrogen-bond acceptors (Lipinski definition) is 9. The Balaban J connectivity index is 1.39. The van der Waals surface area contributed by atoms with Gasteiger partial charge in [0, 0.05) is 24.0 Å². The monoisotopic (exact) mass is 597 g/mol. The molecule has 1 amide bonds. The van der Waals surface area contributed by atoms with Gasteiger partial charge in [0.25, 0.3) is 0 Å². The molecule has 0 unspecified atom stereocenters. The molecule has 0 aliphatic heterocycles. The molecule has 44 heavy (non-hydrogen) atoms. The van der Waals surface area contributed by atoms with Crippen LogP contribution in [-0.4, -0.2) is 29.5 Å². The SMILES string of the molecule is C=C/C=C\c1nc(NONc2cccc(NC(=O)CNCc3cc(F)ccc3C)c2)c(Nc2cc(C)cc(OC)c2)nc1C. The molecular formula is C33H36FN7O3. The van der Waals surface area contributed by atoms with Crippen LogP contribution in [0.15, 0.2) is 79.4 Å². The first kappa shape index (κ1) is 31.7. The number of methoxy groups -OCH3 is 1. The zero-order valence-corrected chi connectivity index (χ0v) is 25.1. The fourth-order valence-electron chi connectivity index (χ4n) is 4.22. The van der Waals surface area contributed by atoms with Crippen molar-refractivity contribution in [2.75, 3.05) is 35.2 Å². The maximum absolute atomic E-state index is 13.5. The number of ether oxygens (including phenoxy) is 1. The first-order valence-electron chi connectivity index (χ1n) is 13.9. The number of benzene rings is 3. The summed E-state index contributed by atoms with van der Waals surface area (Å²) in [6, 6.07) is 17.4. The number of aryl methyl sites for hydroxylation is 3. The molecule has 0 saturated carbocycles. The van der Waals surface area contributed by atoms with Crippen molar-refractivity contribution in [3.8, 4) is 5.75 Å². The van der Waals surface area contributed by atoms with Crippen LogP contribution < -0.4 is 31.6 Å². The highest BCUT2D eigenvalue weighted by Gasteiger charge is 2.12. The Hall–Kier alpha value is -5.26. The van der Waals surface area contributed by atoms with Gasteiger partial charge in [0.1, 0.15) is 11.6 Å². The predicted octanol–water partition coefficient (Wildman–Crippen LogP) is 6.59. The quantitative estimate of drug-likeness (QED) is 0.0809. The second-order valence-corrected chi connectivity index (χ2v) is 9.96. The van der Waals surface area contributed by atoms with E-state index in [-0.39, 0.29) is 18.3 Å². The molecule has 0 fully saturated rings. The number of carbonyl (C=O) groups is 1. The van der Waals surface area contributed by atoms with Crippen molar-refractivity contribution in [1.82, 2.24) is 15.3 Å². The third-order valence-corrected chi connectivity index (χ3v) is 6.42. The molecule has 11 heteroatoms. The minimum absolute atomic E-state index is 0.0585. The van der Waals surface area contributed by atoms with E-state index in [1.165, 1.54) is 12.1 Å². The standard InChI is InChI=1S/C33H36FN7O3/c1-6-7-11-30-23(4)36-32(38-28-14-21(2)15-29(18-28)43-5)33(39-30)41-44-40-27-10-8-9-26(17-27)37-31(42)20-35-19-24-16-25(34)13-12-22(24)3/h6-18,35,40H,1,19-20H2,2-5H3,(H,36,38)(H,37,42)(H,39,41)/b11-7-. The number of carbonyl (C=O) groups excluding carboxylic acids is 1. The van der Waals surface area contributed by atoms with E-state index < -0.39 is 0 Å². The van der Waals surface area contributed by atoms with Gasteiger partial charge in [-0.1, -0.05) is 30.9 Å². The summed E-state index contributed by atoms with van der Waals surface area (Å²) in [5, 5.41) is 9.17. The number of aromatic nitrogens is 2. The molecule has 0 aliphatic rings. The van der Waals surface area contributed by atoms with Gasteiger partial charge in [0.15, 0.2) is 11.6 Å². The number of amides is 1. The van der Waals surface area contributed by atoms with Crippen LogP contribution in [0.5, 0.6) is 5.75 Å². The first-order valence-corrected chi connectivity index (χ1v) is 13.9. The molecule has 1 aromatic heterocycles. The van der Waals surface area contributed by atoms with Crippen LogP contribution in [0.2, 0.25) is 0 Å². The van der Waals surface area contributed by atoms with Gasteiger partial charge in [-0.3, -0.25) is 4.79 Å². The molecule has 228 valence electrons. The summed E-state index contributed by atoms with van der Waals surface area (Å²) in [4.78, 5) is 27.4. The molecule has 3 aromatic carbocycles. The highest BCUT2D eigenvalue weighted by atomic mass is 19.1. The van der Waals surface area contributed by atoms with Gasteiger partial charge in [-0.05, 0) is 86.0 Å². The summed E-state index contributed by atoms with van der Waals surface area (Å²) in [6.45, 7) is 9.88. The van der Waals surface area contributed by atoms with Crippen molar-refractivity contribution < 1.29 is 18.9 Å². The molecule has 0 atom stereocenters. The van der Waals surface area contributed by atoms with Crippen LogP contribution in [0.25, 0.3) is 6.08 Å². The van der Waals surface area contributed by atoms with Crippen LogP contribution in [0.3, 0.4) is 0 Å². The molecule has 0 bridgehead atoms. The van der Waals surface area contributed by atoms with Crippen molar-refractivity contribution >= 4 is 40.7 Å². The van der Waals surface area contributed by atoms with Crippen molar-refractivity contribution in [3.05, 3.63) is 113 Å². The number of allylic oxidation sites excluding steroid dienone is 2. The van der Waals surface area contributed by atoms with Crippen LogP contribution >= 0.6 is 0 Å². The highest BCUT2D eigenvalue weighted by molar-refractivity contribution is 5.92. The molecule has 4 aromatic rings. The Morgan fingerprint density at radius 2 is 1.77 bits per heavy atom. The summed E-state index contributed by atoms with van der Waals surface area (Å²) in [6.07, 6.45) is 5.23. The average molecular weight is 598 g/mol. The molecule has 0 saturated heterocycles. The molecule has 1 heterocycles. The Labute approximate surface area is 256 Å². The lowest BCUT2D eigenvalue weighted by Gasteiger charge is -2.16. The summed E-state index contributed by atoms with van der Waals surface area (Å²) >= 11 is 0. The Morgan fingerprint density at radius 1 is 0.955 bits per heavy atom. The maximum atomic E-state index is 13.5. The lowest BCUT2D eigenvalue weighted by atomic mass is 10.1. The van der Waals surface area contributed by atoms with Crippen molar-refractivity contribution in [2.24, 2.45) is 0 Å². The summed E-state index contributed by atoms with van der Waals surface area (Å²) in [7, 11) is 1.61. The smallest absolute Gasteiger partial charge is 0.238 e. The van der Waals surface area contributed by atoms with Crippen LogP contribution in [0.4, 0.5) is 33.1 Å². The number of nitrogens with zero attached hydrogens (tertiary/aromatic N) is 2. The number of anilines is 5. The zero-order valence-electron chi connectivity index (χ0n) is 25.1. The van der Waals surface area contributed by atoms with Crippen LogP contribution in [0, 0.1) is 26.6 Å². The van der Waals surface area contributed by atoms with Gasteiger partial charge in [-0.2, -0.15) is 4.94 Å². The number of rotatable bonds is 14. The summed E-state index contributed by atoms with van der Waals surface area (Å²) < 4.78 is 18.9. The van der Waals surface area contributed by atoms with Gasteiger partial charge in [-0.25, -0.2) is 25.3 Å². The van der Waals surface area contributed by atoms with E-state index in [4.69, 9.17) is 9.68 Å². The number of nitrogens with one attached hydrogen (secondary N) is 5. The molecule has 4 rings (SSSR count). The topological polar surface area (TPSA) is 121 Å². The van der Waals surface area contributed by atoms with E-state index in [1.54, 1.807) is 55.7 Å². The van der Waals surface area contributed by atoms with Gasteiger partial charge < -0.3 is 20.7 Å². The van der Waals surface area contributed by atoms with Gasteiger partial charge in [0.2, 0.25) is 5.91 Å². The average Bonchev–Trinajstić information content (AvgIpc) is 2.99. The van der Waals surface area contributed by atoms with Gasteiger partial charge in [0.05, 0.1) is 30.7 Å². The van der Waals surface area contributed by atoms with E-state index in [0.717, 1.165) is 22.4 Å². The van der Waals surface area contributed by atoms with E-state index in [2.05, 4.69) is 43.5 Å². The lowest BCUT2D eigenvalue weighted by Crippen LogP contribution is -2.28. The molecule has 10 nitrogen and oxygen atoms in total. The number of hydrogen-bond donors (Lipinski definition) is 5. The Kier molecular flexibility index (Phi) is 11.0. The minimum atomic E-state index is -0.309. The normalized spacial score (nSPS) is 10.8. The fraction of sp³-hybridized carbons (Fsp3) is 0.182. The molecule has 5 N–H and O–H groups in total. The summed E-state index contributed by atoms with van der Waals surface area (Å²) in [5.74, 6) is 0.927. The van der Waals surface area contributed by atoms with Crippen LogP contribution in [-0.2, 0) is 16.3 Å². The fourth-order valence-corrected chi connectivity index (χ4v) is 4.22. The zero-order chi connectivity index (χ0) is 31.5. The molecule has 0 aliphatic carbocycles. The summed E-state index contributed by atoms with van der Waals surface area (Å²) in [5.41, 5.74) is 11.6. The van der Waals surface area contributed by atoms with E-state index in [9.17, 15) is 9.18 Å². The predicted molar refractivity (Wildman–Crippen MR) is 173 cm³/mol. The third-order valence-electron chi connectivity index (χ3n) is 6.42. The van der Waals surface area contributed by atoms with E-state index in [0.29, 0.717) is 46.7 Å². The Morgan fingerprint density at radius 3 is 2.57 bits per heavy atom. The first-order chi connectivity index (χ1) is 21.2.